The largest absolute Gasteiger partial charge is 0.413 e. The second-order valence-electron chi connectivity index (χ2n) is 15.6. The van der Waals surface area contributed by atoms with Crippen molar-refractivity contribution in [1.29, 1.82) is 0 Å². The van der Waals surface area contributed by atoms with Crippen molar-refractivity contribution in [3.63, 3.8) is 0 Å². The standard InChI is InChI=1S/C29H52O3Si2/c1-18-14-20-16-28(8,30)17-22(20)29(32-33(9,10)11)19(2)15-21-23(27(21,6)7)24(29)25(18)31-34(12,13)26(3,4)5/h14,17-19,21,23-25,30H,15-16H2,1-13H3/t18-,19-,21?,23?,24-,25-,28+,29+/m1/s1. The molecule has 0 amide bonds. The first-order valence-electron chi connectivity index (χ1n) is 13.7. The summed E-state index contributed by atoms with van der Waals surface area (Å²) in [5.74, 6) is 2.32. The van der Waals surface area contributed by atoms with Gasteiger partial charge in [0, 0.05) is 12.3 Å². The lowest BCUT2D eigenvalue weighted by Crippen LogP contribution is -2.61. The maximum atomic E-state index is 11.2. The van der Waals surface area contributed by atoms with Gasteiger partial charge in [-0.3, -0.25) is 0 Å². The van der Waals surface area contributed by atoms with Gasteiger partial charge in [0.2, 0.25) is 0 Å². The molecule has 1 N–H and O–H groups in total. The summed E-state index contributed by atoms with van der Waals surface area (Å²) in [7, 11) is -3.94. The Kier molecular flexibility index (Phi) is 6.05. The van der Waals surface area contributed by atoms with E-state index in [2.05, 4.69) is 93.4 Å². The van der Waals surface area contributed by atoms with E-state index in [9.17, 15) is 5.11 Å². The zero-order valence-corrected chi connectivity index (χ0v) is 26.3. The summed E-state index contributed by atoms with van der Waals surface area (Å²) in [5.41, 5.74) is 1.73. The molecule has 0 aromatic carbocycles. The van der Waals surface area contributed by atoms with Gasteiger partial charge in [-0.15, -0.1) is 0 Å². The molecule has 4 aliphatic carbocycles. The summed E-state index contributed by atoms with van der Waals surface area (Å²) in [4.78, 5) is 0. The van der Waals surface area contributed by atoms with E-state index in [1.165, 1.54) is 17.6 Å². The minimum Gasteiger partial charge on any atom is -0.413 e. The van der Waals surface area contributed by atoms with Crippen molar-refractivity contribution < 1.29 is 14.0 Å². The maximum absolute atomic E-state index is 11.2. The van der Waals surface area contributed by atoms with Crippen LogP contribution in [0.4, 0.5) is 0 Å². The molecule has 2 unspecified atom stereocenters. The molecule has 0 bridgehead atoms. The fourth-order valence-corrected chi connectivity index (χ4v) is 10.5. The van der Waals surface area contributed by atoms with Crippen molar-refractivity contribution >= 4 is 16.6 Å². The second-order valence-corrected chi connectivity index (χ2v) is 24.8. The van der Waals surface area contributed by atoms with Crippen LogP contribution in [0.5, 0.6) is 0 Å². The van der Waals surface area contributed by atoms with Gasteiger partial charge in [-0.05, 0) is 97.4 Å². The molecule has 2 saturated carbocycles. The van der Waals surface area contributed by atoms with E-state index in [0.717, 1.165) is 5.92 Å². The van der Waals surface area contributed by atoms with Crippen LogP contribution in [0.1, 0.15) is 68.2 Å². The molecule has 3 nitrogen and oxygen atoms in total. The maximum Gasteiger partial charge on any atom is 0.192 e. The third-order valence-electron chi connectivity index (χ3n) is 10.2. The molecular weight excluding hydrogens is 452 g/mol. The molecule has 8 atom stereocenters. The van der Waals surface area contributed by atoms with Crippen LogP contribution in [0.3, 0.4) is 0 Å². The average Bonchev–Trinajstić information content (AvgIpc) is 3.01. The van der Waals surface area contributed by atoms with Crippen LogP contribution in [-0.4, -0.2) is 39.0 Å². The quantitative estimate of drug-likeness (QED) is 0.402. The van der Waals surface area contributed by atoms with Crippen molar-refractivity contribution in [3.8, 4) is 0 Å². The van der Waals surface area contributed by atoms with Crippen LogP contribution in [0.2, 0.25) is 37.8 Å². The van der Waals surface area contributed by atoms with Crippen LogP contribution in [0, 0.1) is 35.0 Å². The predicted octanol–water partition coefficient (Wildman–Crippen LogP) is 7.55. The molecule has 5 heteroatoms. The lowest BCUT2D eigenvalue weighted by molar-refractivity contribution is -0.0975. The first kappa shape index (κ1) is 26.8. The zero-order chi connectivity index (χ0) is 25.9. The Balaban J connectivity index is 1.97. The van der Waals surface area contributed by atoms with Crippen molar-refractivity contribution in [2.24, 2.45) is 35.0 Å². The highest BCUT2D eigenvalue weighted by atomic mass is 28.4. The van der Waals surface area contributed by atoms with Gasteiger partial charge < -0.3 is 14.0 Å². The van der Waals surface area contributed by atoms with Gasteiger partial charge in [0.1, 0.15) is 0 Å². The van der Waals surface area contributed by atoms with E-state index >= 15 is 0 Å². The van der Waals surface area contributed by atoms with Crippen LogP contribution < -0.4 is 0 Å². The molecule has 0 radical (unpaired) electrons. The van der Waals surface area contributed by atoms with Crippen LogP contribution in [-0.2, 0) is 8.85 Å². The Morgan fingerprint density at radius 2 is 1.59 bits per heavy atom. The minimum absolute atomic E-state index is 0.137. The smallest absolute Gasteiger partial charge is 0.192 e. The number of rotatable bonds is 4. The lowest BCUT2D eigenvalue weighted by Gasteiger charge is -2.55. The topological polar surface area (TPSA) is 38.7 Å². The first-order chi connectivity index (χ1) is 15.1. The Morgan fingerprint density at radius 3 is 2.12 bits per heavy atom. The molecule has 0 saturated heterocycles. The normalized spacial score (nSPS) is 43.8. The molecule has 0 spiro atoms. The fourth-order valence-electron chi connectivity index (χ4n) is 7.61. The van der Waals surface area contributed by atoms with E-state index < -0.39 is 22.2 Å². The summed E-state index contributed by atoms with van der Waals surface area (Å²) in [6.45, 7) is 30.6. The van der Waals surface area contributed by atoms with Crippen molar-refractivity contribution in [2.45, 2.75) is 123 Å². The number of hydrogen-bond acceptors (Lipinski definition) is 3. The third-order valence-corrected chi connectivity index (χ3v) is 15.6. The predicted molar refractivity (Wildman–Crippen MR) is 148 cm³/mol. The minimum atomic E-state index is -2.01. The highest BCUT2D eigenvalue weighted by Crippen LogP contribution is 2.74. The SMILES string of the molecule is C[C@@H]1C=C2C[C@](C)(O)C=C2[C@@]2(O[Si](C)(C)C)[C@H](C)CC3C([C@@H]2[C@@H]1O[Si](C)(C)C(C)(C)C)C3(C)C. The molecule has 194 valence electrons. The average molecular weight is 505 g/mol. The first-order valence-corrected chi connectivity index (χ1v) is 20.0. The molecule has 34 heavy (non-hydrogen) atoms. The highest BCUT2D eigenvalue weighted by molar-refractivity contribution is 6.74. The van der Waals surface area contributed by atoms with E-state index in [-0.39, 0.29) is 16.7 Å². The summed E-state index contributed by atoms with van der Waals surface area (Å²) >= 11 is 0. The van der Waals surface area contributed by atoms with Gasteiger partial charge in [-0.1, -0.05) is 54.5 Å². The van der Waals surface area contributed by atoms with Crippen LogP contribution in [0.15, 0.2) is 23.3 Å². The van der Waals surface area contributed by atoms with Crippen molar-refractivity contribution in [1.82, 2.24) is 0 Å². The number of fused-ring (bicyclic) bond motifs is 5. The van der Waals surface area contributed by atoms with E-state index in [4.69, 9.17) is 8.85 Å². The van der Waals surface area contributed by atoms with Crippen molar-refractivity contribution in [3.05, 3.63) is 23.3 Å². The van der Waals surface area contributed by atoms with E-state index in [1.54, 1.807) is 0 Å². The van der Waals surface area contributed by atoms with Gasteiger partial charge in [0.15, 0.2) is 16.6 Å². The molecule has 0 aromatic rings. The lowest BCUT2D eigenvalue weighted by atomic mass is 9.62. The van der Waals surface area contributed by atoms with E-state index in [0.29, 0.717) is 35.5 Å². The molecule has 2 fully saturated rings. The molecule has 0 aliphatic heterocycles. The Hall–Kier alpha value is -0.206. The highest BCUT2D eigenvalue weighted by Gasteiger charge is 2.74. The summed E-state index contributed by atoms with van der Waals surface area (Å²) in [6.07, 6.45) is 6.66. The zero-order valence-electron chi connectivity index (χ0n) is 24.3. The Morgan fingerprint density at radius 1 is 1.00 bits per heavy atom. The van der Waals surface area contributed by atoms with E-state index in [1.807, 2.05) is 6.92 Å². The molecular formula is C29H52O3Si2. The molecule has 0 heterocycles. The van der Waals surface area contributed by atoms with Gasteiger partial charge in [0.25, 0.3) is 0 Å². The Bertz CT molecular complexity index is 901. The van der Waals surface area contributed by atoms with Crippen LogP contribution in [0.25, 0.3) is 0 Å². The monoisotopic (exact) mass is 504 g/mol. The summed E-state index contributed by atoms with van der Waals surface area (Å²) < 4.78 is 14.9. The molecule has 4 rings (SSSR count). The fraction of sp³-hybridized carbons (Fsp3) is 0.862. The third kappa shape index (κ3) is 4.10. The van der Waals surface area contributed by atoms with Gasteiger partial charge in [-0.25, -0.2) is 0 Å². The van der Waals surface area contributed by atoms with Crippen LogP contribution >= 0.6 is 0 Å². The van der Waals surface area contributed by atoms with Gasteiger partial charge in [-0.2, -0.15) is 0 Å². The van der Waals surface area contributed by atoms with Crippen molar-refractivity contribution in [2.75, 3.05) is 0 Å². The number of aliphatic hydroxyl groups is 1. The summed E-state index contributed by atoms with van der Waals surface area (Å²) in [6, 6.07) is 0. The molecule has 4 aliphatic rings. The Labute approximate surface area is 212 Å². The van der Waals surface area contributed by atoms with Gasteiger partial charge in [0.05, 0.1) is 17.3 Å². The molecule has 0 aromatic heterocycles. The second kappa shape index (κ2) is 7.66. The summed E-state index contributed by atoms with van der Waals surface area (Å²) in [5, 5.41) is 11.4. The van der Waals surface area contributed by atoms with Gasteiger partial charge >= 0.3 is 0 Å². The number of hydrogen-bond donors (Lipinski definition) is 1.